The molecule has 0 unspecified atom stereocenters. The van der Waals surface area contributed by atoms with E-state index >= 15 is 0 Å². The van der Waals surface area contributed by atoms with Gasteiger partial charge >= 0.3 is 0 Å². The zero-order chi connectivity index (χ0) is 11.8. The molecule has 3 nitrogen and oxygen atoms in total. The molecule has 0 spiro atoms. The van der Waals surface area contributed by atoms with E-state index in [1.165, 1.54) is 0 Å². The molecule has 1 heterocycles. The van der Waals surface area contributed by atoms with Crippen molar-refractivity contribution < 1.29 is 8.78 Å². The van der Waals surface area contributed by atoms with Gasteiger partial charge in [0.2, 0.25) is 5.92 Å². The van der Waals surface area contributed by atoms with Crippen molar-refractivity contribution >= 4 is 0 Å². The zero-order valence-electron chi connectivity index (χ0n) is 9.42. The summed E-state index contributed by atoms with van der Waals surface area (Å²) in [4.78, 5) is 4.27. The number of alkyl halides is 2. The van der Waals surface area contributed by atoms with E-state index in [-0.39, 0.29) is 18.3 Å². The smallest absolute Gasteiger partial charge is 0.248 e. The number of hydrogen-bond acceptors (Lipinski definition) is 2. The van der Waals surface area contributed by atoms with Gasteiger partial charge in [-0.25, -0.2) is 13.8 Å². The third-order valence-electron chi connectivity index (χ3n) is 3.58. The minimum atomic E-state index is -2.52. The van der Waals surface area contributed by atoms with Gasteiger partial charge in [-0.15, -0.1) is 0 Å². The molecule has 90 valence electrons. The SMILES string of the molecule is Cn1cnc(C2(CN)CCC(F)(F)CC2)c1. The molecule has 0 saturated heterocycles. The molecule has 2 rings (SSSR count). The molecule has 2 N–H and O–H groups in total. The molecule has 1 aliphatic carbocycles. The molecule has 0 radical (unpaired) electrons. The van der Waals surface area contributed by atoms with Crippen LogP contribution >= 0.6 is 0 Å². The molecule has 1 aliphatic rings. The van der Waals surface area contributed by atoms with E-state index in [1.54, 1.807) is 6.33 Å². The van der Waals surface area contributed by atoms with Crippen LogP contribution in [0, 0.1) is 0 Å². The largest absolute Gasteiger partial charge is 0.340 e. The Kier molecular flexibility index (Phi) is 2.74. The summed E-state index contributed by atoms with van der Waals surface area (Å²) in [5.74, 6) is -2.52. The van der Waals surface area contributed by atoms with Gasteiger partial charge in [0, 0.05) is 38.0 Å². The molecule has 0 aliphatic heterocycles. The summed E-state index contributed by atoms with van der Waals surface area (Å²) in [5.41, 5.74) is 6.28. The quantitative estimate of drug-likeness (QED) is 0.840. The number of rotatable bonds is 2. The third-order valence-corrected chi connectivity index (χ3v) is 3.58. The highest BCUT2D eigenvalue weighted by Crippen LogP contribution is 2.44. The first-order valence-electron chi connectivity index (χ1n) is 5.54. The van der Waals surface area contributed by atoms with Crippen molar-refractivity contribution in [2.45, 2.75) is 37.0 Å². The number of imidazole rings is 1. The van der Waals surface area contributed by atoms with E-state index in [4.69, 9.17) is 5.73 Å². The number of hydrogen-bond donors (Lipinski definition) is 1. The molecule has 0 aromatic carbocycles. The van der Waals surface area contributed by atoms with Crippen LogP contribution < -0.4 is 5.73 Å². The maximum atomic E-state index is 13.1. The summed E-state index contributed by atoms with van der Waals surface area (Å²) >= 11 is 0. The van der Waals surface area contributed by atoms with Crippen LogP contribution in [0.5, 0.6) is 0 Å². The summed E-state index contributed by atoms with van der Waals surface area (Å²) in [7, 11) is 1.87. The fraction of sp³-hybridized carbons (Fsp3) is 0.727. The summed E-state index contributed by atoms with van der Waals surface area (Å²) in [6.07, 6.45) is 4.26. The first-order chi connectivity index (χ1) is 7.47. The highest BCUT2D eigenvalue weighted by atomic mass is 19.3. The van der Waals surface area contributed by atoms with Crippen molar-refractivity contribution in [3.05, 3.63) is 18.2 Å². The Labute approximate surface area is 93.7 Å². The Morgan fingerprint density at radius 2 is 2.00 bits per heavy atom. The fourth-order valence-corrected chi connectivity index (χ4v) is 2.35. The summed E-state index contributed by atoms with van der Waals surface area (Å²) in [6, 6.07) is 0. The second-order valence-corrected chi connectivity index (χ2v) is 4.76. The number of aromatic nitrogens is 2. The van der Waals surface area contributed by atoms with E-state index in [0.29, 0.717) is 19.4 Å². The minimum Gasteiger partial charge on any atom is -0.340 e. The topological polar surface area (TPSA) is 43.8 Å². The van der Waals surface area contributed by atoms with Crippen LogP contribution in [-0.2, 0) is 12.5 Å². The predicted octanol–water partition coefficient (Wildman–Crippen LogP) is 1.83. The third kappa shape index (κ3) is 1.96. The monoisotopic (exact) mass is 229 g/mol. The van der Waals surface area contributed by atoms with E-state index < -0.39 is 5.92 Å². The van der Waals surface area contributed by atoms with Gasteiger partial charge in [-0.05, 0) is 12.8 Å². The Hall–Kier alpha value is -0.970. The summed E-state index contributed by atoms with van der Waals surface area (Å²) in [5, 5.41) is 0. The average Bonchev–Trinajstić information content (AvgIpc) is 2.66. The predicted molar refractivity (Wildman–Crippen MR) is 57.4 cm³/mol. The van der Waals surface area contributed by atoms with Gasteiger partial charge in [-0.1, -0.05) is 0 Å². The molecule has 5 heteroatoms. The van der Waals surface area contributed by atoms with Crippen LogP contribution in [0.3, 0.4) is 0 Å². The van der Waals surface area contributed by atoms with Crippen molar-refractivity contribution in [3.8, 4) is 0 Å². The van der Waals surface area contributed by atoms with Crippen LogP contribution in [-0.4, -0.2) is 22.0 Å². The molecule has 0 amide bonds. The van der Waals surface area contributed by atoms with Gasteiger partial charge in [0.15, 0.2) is 0 Å². The van der Waals surface area contributed by atoms with E-state index in [2.05, 4.69) is 4.98 Å². The number of aryl methyl sites for hydroxylation is 1. The lowest BCUT2D eigenvalue weighted by molar-refractivity contribution is -0.0513. The lowest BCUT2D eigenvalue weighted by Gasteiger charge is -2.38. The zero-order valence-corrected chi connectivity index (χ0v) is 9.42. The molecule has 1 aromatic rings. The van der Waals surface area contributed by atoms with E-state index in [1.807, 2.05) is 17.8 Å². The summed E-state index contributed by atoms with van der Waals surface area (Å²) in [6.45, 7) is 0.389. The van der Waals surface area contributed by atoms with Gasteiger partial charge in [0.05, 0.1) is 12.0 Å². The number of nitrogens with zero attached hydrogens (tertiary/aromatic N) is 2. The van der Waals surface area contributed by atoms with Crippen LogP contribution in [0.15, 0.2) is 12.5 Å². The van der Waals surface area contributed by atoms with Gasteiger partial charge in [-0.2, -0.15) is 0 Å². The summed E-state index contributed by atoms with van der Waals surface area (Å²) < 4.78 is 28.1. The molecule has 1 saturated carbocycles. The van der Waals surface area contributed by atoms with Gasteiger partial charge in [0.1, 0.15) is 0 Å². The standard InChI is InChI=1S/C11H17F2N3/c1-16-6-9(15-8-16)10(7-14)2-4-11(12,13)5-3-10/h6,8H,2-5,7,14H2,1H3. The van der Waals surface area contributed by atoms with Crippen molar-refractivity contribution in [1.82, 2.24) is 9.55 Å². The highest BCUT2D eigenvalue weighted by Gasteiger charge is 2.44. The van der Waals surface area contributed by atoms with Crippen LogP contribution in [0.1, 0.15) is 31.4 Å². The Morgan fingerprint density at radius 1 is 1.38 bits per heavy atom. The maximum absolute atomic E-state index is 13.1. The Bertz CT molecular complexity index is 363. The van der Waals surface area contributed by atoms with Crippen LogP contribution in [0.2, 0.25) is 0 Å². The molecular formula is C11H17F2N3. The fourth-order valence-electron chi connectivity index (χ4n) is 2.35. The van der Waals surface area contributed by atoms with E-state index in [9.17, 15) is 8.78 Å². The lowest BCUT2D eigenvalue weighted by atomic mass is 9.71. The van der Waals surface area contributed by atoms with Crippen LogP contribution in [0.4, 0.5) is 8.78 Å². The van der Waals surface area contributed by atoms with Crippen molar-refractivity contribution in [1.29, 1.82) is 0 Å². The number of nitrogens with two attached hydrogens (primary N) is 1. The molecule has 0 atom stereocenters. The number of halogens is 2. The molecule has 16 heavy (non-hydrogen) atoms. The van der Waals surface area contributed by atoms with E-state index in [0.717, 1.165) is 5.69 Å². The lowest BCUT2D eigenvalue weighted by Crippen LogP contribution is -2.42. The molecular weight excluding hydrogens is 212 g/mol. The Balaban J connectivity index is 2.22. The Morgan fingerprint density at radius 3 is 2.44 bits per heavy atom. The van der Waals surface area contributed by atoms with Gasteiger partial charge in [-0.3, -0.25) is 0 Å². The highest BCUT2D eigenvalue weighted by molar-refractivity contribution is 5.17. The molecule has 0 bridgehead atoms. The van der Waals surface area contributed by atoms with Crippen molar-refractivity contribution in [2.75, 3.05) is 6.54 Å². The first kappa shape index (κ1) is 11.5. The van der Waals surface area contributed by atoms with Crippen molar-refractivity contribution in [2.24, 2.45) is 12.8 Å². The second kappa shape index (κ2) is 3.80. The minimum absolute atomic E-state index is 0.0826. The maximum Gasteiger partial charge on any atom is 0.248 e. The van der Waals surface area contributed by atoms with Gasteiger partial charge < -0.3 is 10.3 Å². The normalized spacial score (nSPS) is 23.2. The molecule has 1 aromatic heterocycles. The molecule has 1 fully saturated rings. The first-order valence-corrected chi connectivity index (χ1v) is 5.54. The van der Waals surface area contributed by atoms with Crippen LogP contribution in [0.25, 0.3) is 0 Å². The van der Waals surface area contributed by atoms with Gasteiger partial charge in [0.25, 0.3) is 0 Å². The second-order valence-electron chi connectivity index (χ2n) is 4.76. The average molecular weight is 229 g/mol. The van der Waals surface area contributed by atoms with Crippen molar-refractivity contribution in [3.63, 3.8) is 0 Å².